The van der Waals surface area contributed by atoms with Gasteiger partial charge < -0.3 is 5.32 Å². The Kier molecular flexibility index (Phi) is 3.87. The minimum Gasteiger partial charge on any atom is -0.370 e. The van der Waals surface area contributed by atoms with E-state index >= 15 is 0 Å². The summed E-state index contributed by atoms with van der Waals surface area (Å²) in [5.74, 6) is 0.932. The van der Waals surface area contributed by atoms with Crippen molar-refractivity contribution < 1.29 is 0 Å². The van der Waals surface area contributed by atoms with Crippen LogP contribution in [0.5, 0.6) is 0 Å². The molecular weight excluding hydrogens is 224 g/mol. The number of rotatable bonds is 4. The van der Waals surface area contributed by atoms with Crippen LogP contribution in [-0.4, -0.2) is 21.5 Å². The Morgan fingerprint density at radius 3 is 2.72 bits per heavy atom. The molecule has 0 aliphatic heterocycles. The lowest BCUT2D eigenvalue weighted by Crippen LogP contribution is -2.06. The highest BCUT2D eigenvalue weighted by Crippen LogP contribution is 2.27. The van der Waals surface area contributed by atoms with Crippen molar-refractivity contribution in [3.05, 3.63) is 35.9 Å². The zero-order valence-corrected chi connectivity index (χ0v) is 11.1. The van der Waals surface area contributed by atoms with E-state index in [0.29, 0.717) is 0 Å². The molecule has 0 unspecified atom stereocenters. The Hall–Kier alpha value is -1.97. The second-order valence-electron chi connectivity index (χ2n) is 4.12. The van der Waals surface area contributed by atoms with Crippen LogP contribution in [0.1, 0.15) is 25.0 Å². The summed E-state index contributed by atoms with van der Waals surface area (Å²) in [5.41, 5.74) is 4.42. The van der Waals surface area contributed by atoms with Crippen LogP contribution in [0.3, 0.4) is 0 Å². The SMILES string of the molecule is CCNc1ncnc(-c2ccncc2C)c1CC. The van der Waals surface area contributed by atoms with Crippen molar-refractivity contribution in [2.24, 2.45) is 0 Å². The summed E-state index contributed by atoms with van der Waals surface area (Å²) in [5, 5.41) is 3.29. The van der Waals surface area contributed by atoms with Crippen molar-refractivity contribution in [3.8, 4) is 11.3 Å². The summed E-state index contributed by atoms with van der Waals surface area (Å²) < 4.78 is 0. The molecular formula is C14H18N4. The van der Waals surface area contributed by atoms with E-state index in [1.807, 2.05) is 12.3 Å². The molecule has 2 rings (SSSR count). The lowest BCUT2D eigenvalue weighted by Gasteiger charge is -2.13. The molecule has 0 atom stereocenters. The summed E-state index contributed by atoms with van der Waals surface area (Å²) in [7, 11) is 0. The Morgan fingerprint density at radius 1 is 1.22 bits per heavy atom. The van der Waals surface area contributed by atoms with Gasteiger partial charge in [-0.25, -0.2) is 9.97 Å². The van der Waals surface area contributed by atoms with E-state index in [0.717, 1.165) is 41.2 Å². The van der Waals surface area contributed by atoms with Gasteiger partial charge in [0, 0.05) is 30.1 Å². The molecule has 0 aliphatic rings. The van der Waals surface area contributed by atoms with Crippen LogP contribution in [-0.2, 0) is 6.42 Å². The topological polar surface area (TPSA) is 50.7 Å². The molecule has 0 saturated heterocycles. The maximum absolute atomic E-state index is 4.44. The largest absolute Gasteiger partial charge is 0.370 e. The Labute approximate surface area is 108 Å². The molecule has 18 heavy (non-hydrogen) atoms. The van der Waals surface area contributed by atoms with Crippen LogP contribution in [0.15, 0.2) is 24.8 Å². The van der Waals surface area contributed by atoms with Crippen molar-refractivity contribution in [2.45, 2.75) is 27.2 Å². The third kappa shape index (κ3) is 2.32. The van der Waals surface area contributed by atoms with Crippen LogP contribution in [0.2, 0.25) is 0 Å². The number of hydrogen-bond donors (Lipinski definition) is 1. The highest BCUT2D eigenvalue weighted by molar-refractivity contribution is 5.70. The number of anilines is 1. The van der Waals surface area contributed by atoms with Gasteiger partial charge in [0.25, 0.3) is 0 Å². The van der Waals surface area contributed by atoms with E-state index in [1.165, 1.54) is 0 Å². The number of aromatic nitrogens is 3. The van der Waals surface area contributed by atoms with Crippen LogP contribution >= 0.6 is 0 Å². The molecule has 0 saturated carbocycles. The molecule has 0 spiro atoms. The van der Waals surface area contributed by atoms with Crippen molar-refractivity contribution in [3.63, 3.8) is 0 Å². The quantitative estimate of drug-likeness (QED) is 0.895. The predicted octanol–water partition coefficient (Wildman–Crippen LogP) is 2.84. The highest BCUT2D eigenvalue weighted by Gasteiger charge is 2.12. The van der Waals surface area contributed by atoms with Gasteiger partial charge in [-0.3, -0.25) is 4.98 Å². The van der Waals surface area contributed by atoms with Crippen LogP contribution in [0.25, 0.3) is 11.3 Å². The van der Waals surface area contributed by atoms with E-state index in [-0.39, 0.29) is 0 Å². The van der Waals surface area contributed by atoms with Gasteiger partial charge in [0.1, 0.15) is 12.1 Å². The van der Waals surface area contributed by atoms with Crippen LogP contribution < -0.4 is 5.32 Å². The number of nitrogens with zero attached hydrogens (tertiary/aromatic N) is 3. The smallest absolute Gasteiger partial charge is 0.133 e. The first kappa shape index (κ1) is 12.5. The molecule has 94 valence electrons. The second-order valence-corrected chi connectivity index (χ2v) is 4.12. The van der Waals surface area contributed by atoms with Crippen molar-refractivity contribution in [1.29, 1.82) is 0 Å². The lowest BCUT2D eigenvalue weighted by atomic mass is 10.0. The van der Waals surface area contributed by atoms with Gasteiger partial charge in [0.2, 0.25) is 0 Å². The summed E-state index contributed by atoms with van der Waals surface area (Å²) in [4.78, 5) is 12.9. The molecule has 2 aromatic rings. The van der Waals surface area contributed by atoms with E-state index in [2.05, 4.69) is 41.0 Å². The van der Waals surface area contributed by atoms with Crippen molar-refractivity contribution in [1.82, 2.24) is 15.0 Å². The first-order chi connectivity index (χ1) is 8.77. The molecule has 0 bridgehead atoms. The minimum atomic E-state index is 0.860. The van der Waals surface area contributed by atoms with E-state index in [9.17, 15) is 0 Å². The molecule has 0 radical (unpaired) electrons. The first-order valence-corrected chi connectivity index (χ1v) is 6.26. The maximum atomic E-state index is 4.44. The molecule has 0 aliphatic carbocycles. The van der Waals surface area contributed by atoms with Crippen molar-refractivity contribution >= 4 is 5.82 Å². The van der Waals surface area contributed by atoms with Gasteiger partial charge in [-0.15, -0.1) is 0 Å². The maximum Gasteiger partial charge on any atom is 0.133 e. The zero-order valence-electron chi connectivity index (χ0n) is 11.1. The second kappa shape index (κ2) is 5.58. The van der Waals surface area contributed by atoms with E-state index in [4.69, 9.17) is 0 Å². The Morgan fingerprint density at radius 2 is 2.06 bits per heavy atom. The van der Waals surface area contributed by atoms with Crippen LogP contribution in [0, 0.1) is 6.92 Å². The predicted molar refractivity (Wildman–Crippen MR) is 73.5 cm³/mol. The first-order valence-electron chi connectivity index (χ1n) is 6.26. The lowest BCUT2D eigenvalue weighted by molar-refractivity contribution is 1.03. The molecule has 0 amide bonds. The van der Waals surface area contributed by atoms with Crippen molar-refractivity contribution in [2.75, 3.05) is 11.9 Å². The molecule has 1 N–H and O–H groups in total. The molecule has 2 aromatic heterocycles. The van der Waals surface area contributed by atoms with Gasteiger partial charge in [-0.05, 0) is 31.9 Å². The fourth-order valence-corrected chi connectivity index (χ4v) is 2.04. The standard InChI is InChI=1S/C14H18N4/c1-4-11-13(12-6-7-15-8-10(12)3)17-9-18-14(11)16-5-2/h6-9H,4-5H2,1-3H3,(H,16,17,18). The summed E-state index contributed by atoms with van der Waals surface area (Å²) in [6, 6.07) is 2.01. The number of pyridine rings is 1. The van der Waals surface area contributed by atoms with Crippen LogP contribution in [0.4, 0.5) is 5.82 Å². The molecule has 4 heteroatoms. The molecule has 4 nitrogen and oxygen atoms in total. The summed E-state index contributed by atoms with van der Waals surface area (Å²) in [6.45, 7) is 7.11. The third-order valence-electron chi connectivity index (χ3n) is 2.92. The monoisotopic (exact) mass is 242 g/mol. The van der Waals surface area contributed by atoms with E-state index in [1.54, 1.807) is 12.5 Å². The third-order valence-corrected chi connectivity index (χ3v) is 2.92. The Bertz CT molecular complexity index is 537. The fourth-order valence-electron chi connectivity index (χ4n) is 2.04. The van der Waals surface area contributed by atoms with E-state index < -0.39 is 0 Å². The summed E-state index contributed by atoms with van der Waals surface area (Å²) in [6.07, 6.45) is 6.19. The van der Waals surface area contributed by atoms with Gasteiger partial charge in [0.05, 0.1) is 5.69 Å². The molecule has 0 fully saturated rings. The fraction of sp³-hybridized carbons (Fsp3) is 0.357. The van der Waals surface area contributed by atoms with Gasteiger partial charge in [0.15, 0.2) is 0 Å². The van der Waals surface area contributed by atoms with Gasteiger partial charge >= 0.3 is 0 Å². The Balaban J connectivity index is 2.57. The molecule has 0 aromatic carbocycles. The number of hydrogen-bond acceptors (Lipinski definition) is 4. The summed E-state index contributed by atoms with van der Waals surface area (Å²) >= 11 is 0. The number of nitrogens with one attached hydrogen (secondary N) is 1. The average Bonchev–Trinajstić information content (AvgIpc) is 2.39. The number of aryl methyl sites for hydroxylation is 1. The highest BCUT2D eigenvalue weighted by atomic mass is 15.0. The van der Waals surface area contributed by atoms with Gasteiger partial charge in [-0.2, -0.15) is 0 Å². The van der Waals surface area contributed by atoms with Gasteiger partial charge in [-0.1, -0.05) is 6.92 Å². The minimum absolute atomic E-state index is 0.860. The zero-order chi connectivity index (χ0) is 13.0. The average molecular weight is 242 g/mol. The molecule has 2 heterocycles. The normalized spacial score (nSPS) is 10.4.